The average Bonchev–Trinajstić information content (AvgIpc) is 2.99. The summed E-state index contributed by atoms with van der Waals surface area (Å²) >= 11 is 5.99. The zero-order valence-corrected chi connectivity index (χ0v) is 12.6. The SMILES string of the molecule is O=c1ccc(-c2ccc(-c3nc4ccc(Cl)cc4[nH]3)cn2)c[nH]1. The second kappa shape index (κ2) is 5.37. The largest absolute Gasteiger partial charge is 0.338 e. The van der Waals surface area contributed by atoms with E-state index in [2.05, 4.69) is 19.9 Å². The minimum Gasteiger partial charge on any atom is -0.338 e. The number of aromatic amines is 2. The Morgan fingerprint density at radius 1 is 1.00 bits per heavy atom. The van der Waals surface area contributed by atoms with Crippen molar-refractivity contribution in [2.24, 2.45) is 0 Å². The van der Waals surface area contributed by atoms with E-state index < -0.39 is 0 Å². The number of nitrogens with one attached hydrogen (secondary N) is 2. The van der Waals surface area contributed by atoms with Crippen LogP contribution in [0.15, 0.2) is 59.7 Å². The van der Waals surface area contributed by atoms with E-state index in [-0.39, 0.29) is 5.56 Å². The summed E-state index contributed by atoms with van der Waals surface area (Å²) < 4.78 is 0. The molecule has 0 saturated heterocycles. The van der Waals surface area contributed by atoms with Crippen LogP contribution in [0.2, 0.25) is 5.02 Å². The predicted octanol–water partition coefficient (Wildman–Crippen LogP) is 3.63. The van der Waals surface area contributed by atoms with Crippen LogP contribution in [0.5, 0.6) is 0 Å². The van der Waals surface area contributed by atoms with Gasteiger partial charge in [-0.1, -0.05) is 11.6 Å². The monoisotopic (exact) mass is 322 g/mol. The topological polar surface area (TPSA) is 74.4 Å². The van der Waals surface area contributed by atoms with Crippen LogP contribution in [0, 0.1) is 0 Å². The van der Waals surface area contributed by atoms with Gasteiger partial charge < -0.3 is 9.97 Å². The highest BCUT2D eigenvalue weighted by Crippen LogP contribution is 2.24. The normalized spacial score (nSPS) is 11.0. The molecule has 0 bridgehead atoms. The van der Waals surface area contributed by atoms with Crippen molar-refractivity contribution in [3.63, 3.8) is 0 Å². The fraction of sp³-hybridized carbons (Fsp3) is 0. The van der Waals surface area contributed by atoms with Crippen molar-refractivity contribution in [1.29, 1.82) is 0 Å². The van der Waals surface area contributed by atoms with Crippen LogP contribution in [0.25, 0.3) is 33.7 Å². The first kappa shape index (κ1) is 13.7. The first-order valence-electron chi connectivity index (χ1n) is 7.00. The number of hydrogen-bond acceptors (Lipinski definition) is 3. The Hall–Kier alpha value is -2.92. The first-order valence-corrected chi connectivity index (χ1v) is 7.38. The number of hydrogen-bond donors (Lipinski definition) is 2. The highest BCUT2D eigenvalue weighted by Gasteiger charge is 2.07. The Balaban J connectivity index is 1.71. The van der Waals surface area contributed by atoms with Gasteiger partial charge in [-0.25, -0.2) is 4.98 Å². The molecule has 2 N–H and O–H groups in total. The van der Waals surface area contributed by atoms with Gasteiger partial charge in [-0.15, -0.1) is 0 Å². The molecule has 112 valence electrons. The van der Waals surface area contributed by atoms with Crippen LogP contribution in [-0.4, -0.2) is 19.9 Å². The lowest BCUT2D eigenvalue weighted by Crippen LogP contribution is -2.01. The molecule has 0 aliphatic carbocycles. The minimum atomic E-state index is -0.133. The molecule has 0 fully saturated rings. The molecule has 3 heterocycles. The molecule has 0 aliphatic rings. The molecule has 5 nitrogen and oxygen atoms in total. The number of halogens is 1. The number of aromatic nitrogens is 4. The fourth-order valence-corrected chi connectivity index (χ4v) is 2.57. The van der Waals surface area contributed by atoms with Gasteiger partial charge >= 0.3 is 0 Å². The quantitative estimate of drug-likeness (QED) is 0.591. The van der Waals surface area contributed by atoms with E-state index in [1.54, 1.807) is 18.5 Å². The van der Waals surface area contributed by atoms with Crippen LogP contribution in [0.3, 0.4) is 0 Å². The van der Waals surface area contributed by atoms with E-state index in [9.17, 15) is 4.79 Å². The summed E-state index contributed by atoms with van der Waals surface area (Å²) in [5, 5.41) is 0.666. The minimum absolute atomic E-state index is 0.133. The Bertz CT molecular complexity index is 1030. The molecule has 0 radical (unpaired) electrons. The van der Waals surface area contributed by atoms with Crippen molar-refractivity contribution in [2.75, 3.05) is 0 Å². The Morgan fingerprint density at radius 3 is 2.61 bits per heavy atom. The number of benzene rings is 1. The van der Waals surface area contributed by atoms with Gasteiger partial charge in [-0.05, 0) is 36.4 Å². The lowest BCUT2D eigenvalue weighted by Gasteiger charge is -2.01. The predicted molar refractivity (Wildman–Crippen MR) is 90.4 cm³/mol. The highest BCUT2D eigenvalue weighted by molar-refractivity contribution is 6.31. The van der Waals surface area contributed by atoms with Crippen LogP contribution in [0.4, 0.5) is 0 Å². The van der Waals surface area contributed by atoms with Crippen molar-refractivity contribution in [3.8, 4) is 22.6 Å². The van der Waals surface area contributed by atoms with Crippen molar-refractivity contribution in [1.82, 2.24) is 19.9 Å². The fourth-order valence-electron chi connectivity index (χ4n) is 2.39. The summed E-state index contributed by atoms with van der Waals surface area (Å²) in [5.74, 6) is 0.739. The van der Waals surface area contributed by atoms with Gasteiger partial charge in [0.15, 0.2) is 0 Å². The lowest BCUT2D eigenvalue weighted by molar-refractivity contribution is 1.22. The molecule has 0 unspecified atom stereocenters. The van der Waals surface area contributed by atoms with Crippen molar-refractivity contribution < 1.29 is 0 Å². The van der Waals surface area contributed by atoms with Gasteiger partial charge in [0.2, 0.25) is 5.56 Å². The first-order chi connectivity index (χ1) is 11.2. The number of imidazole rings is 1. The summed E-state index contributed by atoms with van der Waals surface area (Å²) in [7, 11) is 0. The molecular weight excluding hydrogens is 312 g/mol. The van der Waals surface area contributed by atoms with Gasteiger partial charge in [0, 0.05) is 34.6 Å². The Morgan fingerprint density at radius 2 is 1.87 bits per heavy atom. The van der Waals surface area contributed by atoms with Gasteiger partial charge in [-0.3, -0.25) is 9.78 Å². The molecule has 4 aromatic rings. The second-order valence-electron chi connectivity index (χ2n) is 5.12. The summed E-state index contributed by atoms with van der Waals surface area (Å²) in [4.78, 5) is 26.0. The van der Waals surface area contributed by atoms with Crippen molar-refractivity contribution in [2.45, 2.75) is 0 Å². The smallest absolute Gasteiger partial charge is 0.247 e. The summed E-state index contributed by atoms with van der Waals surface area (Å²) in [6.07, 6.45) is 3.40. The number of fused-ring (bicyclic) bond motifs is 1. The van der Waals surface area contributed by atoms with Crippen LogP contribution < -0.4 is 5.56 Å². The third-order valence-electron chi connectivity index (χ3n) is 3.56. The van der Waals surface area contributed by atoms with Gasteiger partial charge in [-0.2, -0.15) is 0 Å². The number of pyridine rings is 2. The molecule has 0 atom stereocenters. The standard InChI is InChI=1S/C17H11ClN4O/c18-12-3-5-14-15(7-12)22-17(21-14)11-1-4-13(19-9-11)10-2-6-16(23)20-8-10/h1-9H,(H,20,23)(H,21,22). The maximum Gasteiger partial charge on any atom is 0.247 e. The maximum atomic E-state index is 11.1. The van der Waals surface area contributed by atoms with E-state index in [0.29, 0.717) is 5.02 Å². The molecule has 0 saturated carbocycles. The Kier molecular flexibility index (Phi) is 3.20. The van der Waals surface area contributed by atoms with Crippen LogP contribution in [0.1, 0.15) is 0 Å². The van der Waals surface area contributed by atoms with Crippen molar-refractivity contribution >= 4 is 22.6 Å². The number of nitrogens with zero attached hydrogens (tertiary/aromatic N) is 2. The zero-order valence-electron chi connectivity index (χ0n) is 11.9. The third-order valence-corrected chi connectivity index (χ3v) is 3.80. The Labute approximate surface area is 136 Å². The molecule has 6 heteroatoms. The average molecular weight is 323 g/mol. The molecular formula is C17H11ClN4O. The molecule has 1 aromatic carbocycles. The zero-order chi connectivity index (χ0) is 15.8. The number of H-pyrrole nitrogens is 2. The van der Waals surface area contributed by atoms with Crippen molar-refractivity contribution in [3.05, 3.63) is 70.2 Å². The molecule has 0 spiro atoms. The van der Waals surface area contributed by atoms with Crippen LogP contribution >= 0.6 is 11.6 Å². The third kappa shape index (κ3) is 2.62. The molecule has 0 amide bonds. The van der Waals surface area contributed by atoms with Crippen LogP contribution in [-0.2, 0) is 0 Å². The van der Waals surface area contributed by atoms with E-state index in [1.807, 2.05) is 30.3 Å². The van der Waals surface area contributed by atoms with E-state index in [4.69, 9.17) is 11.6 Å². The van der Waals surface area contributed by atoms with E-state index >= 15 is 0 Å². The maximum absolute atomic E-state index is 11.1. The van der Waals surface area contributed by atoms with E-state index in [1.165, 1.54) is 6.07 Å². The highest BCUT2D eigenvalue weighted by atomic mass is 35.5. The van der Waals surface area contributed by atoms with Gasteiger partial charge in [0.25, 0.3) is 0 Å². The molecule has 23 heavy (non-hydrogen) atoms. The van der Waals surface area contributed by atoms with Gasteiger partial charge in [0.1, 0.15) is 5.82 Å². The summed E-state index contributed by atoms with van der Waals surface area (Å²) in [6.45, 7) is 0. The summed E-state index contributed by atoms with van der Waals surface area (Å²) in [6, 6.07) is 12.6. The second-order valence-corrected chi connectivity index (χ2v) is 5.56. The summed E-state index contributed by atoms with van der Waals surface area (Å²) in [5.41, 5.74) is 4.12. The molecule has 0 aliphatic heterocycles. The number of rotatable bonds is 2. The van der Waals surface area contributed by atoms with E-state index in [0.717, 1.165) is 33.7 Å². The molecule has 3 aromatic heterocycles. The lowest BCUT2D eigenvalue weighted by atomic mass is 10.1. The molecule has 4 rings (SSSR count). The van der Waals surface area contributed by atoms with Gasteiger partial charge in [0.05, 0.1) is 16.7 Å².